The summed E-state index contributed by atoms with van der Waals surface area (Å²) in [5.41, 5.74) is 5.52. The van der Waals surface area contributed by atoms with Gasteiger partial charge in [-0.05, 0) is 48.7 Å². The molecule has 28 heavy (non-hydrogen) atoms. The predicted molar refractivity (Wildman–Crippen MR) is 115 cm³/mol. The van der Waals surface area contributed by atoms with Gasteiger partial charge in [0.1, 0.15) is 18.2 Å². The highest BCUT2D eigenvalue weighted by molar-refractivity contribution is 6.31. The van der Waals surface area contributed by atoms with E-state index < -0.39 is 0 Å². The van der Waals surface area contributed by atoms with Crippen molar-refractivity contribution in [1.29, 1.82) is 0 Å². The lowest BCUT2D eigenvalue weighted by atomic mass is 10.1. The van der Waals surface area contributed by atoms with Crippen molar-refractivity contribution in [2.75, 3.05) is 6.61 Å². The monoisotopic (exact) mass is 390 g/mol. The first kappa shape index (κ1) is 18.6. The van der Waals surface area contributed by atoms with Crippen LogP contribution in [0.4, 0.5) is 0 Å². The summed E-state index contributed by atoms with van der Waals surface area (Å²) in [4.78, 5) is 4.86. The number of benzene rings is 3. The van der Waals surface area contributed by atoms with Crippen molar-refractivity contribution in [2.45, 2.75) is 26.8 Å². The molecule has 4 heteroatoms. The van der Waals surface area contributed by atoms with Crippen molar-refractivity contribution >= 4 is 22.6 Å². The zero-order valence-corrected chi connectivity index (χ0v) is 16.9. The number of para-hydroxylation sites is 3. The van der Waals surface area contributed by atoms with Crippen LogP contribution >= 0.6 is 11.6 Å². The van der Waals surface area contributed by atoms with Crippen molar-refractivity contribution in [3.05, 3.63) is 94.3 Å². The van der Waals surface area contributed by atoms with E-state index in [1.165, 1.54) is 0 Å². The van der Waals surface area contributed by atoms with Gasteiger partial charge < -0.3 is 9.30 Å². The zero-order chi connectivity index (χ0) is 19.5. The fourth-order valence-corrected chi connectivity index (χ4v) is 3.79. The number of hydrogen-bond donors (Lipinski definition) is 0. The first-order chi connectivity index (χ1) is 13.6. The van der Waals surface area contributed by atoms with Gasteiger partial charge in [0.15, 0.2) is 0 Å². The molecule has 0 N–H and O–H groups in total. The third-order valence-electron chi connectivity index (χ3n) is 5.01. The fourth-order valence-electron chi connectivity index (χ4n) is 3.59. The molecule has 0 amide bonds. The van der Waals surface area contributed by atoms with Crippen molar-refractivity contribution in [3.8, 4) is 5.75 Å². The van der Waals surface area contributed by atoms with Gasteiger partial charge in [-0.2, -0.15) is 0 Å². The van der Waals surface area contributed by atoms with E-state index in [1.54, 1.807) is 0 Å². The maximum absolute atomic E-state index is 6.38. The normalized spacial score (nSPS) is 11.1. The highest BCUT2D eigenvalue weighted by Gasteiger charge is 2.13. The smallest absolute Gasteiger partial charge is 0.125 e. The molecular formula is C24H23ClN2O. The summed E-state index contributed by atoms with van der Waals surface area (Å²) < 4.78 is 8.39. The van der Waals surface area contributed by atoms with Crippen molar-refractivity contribution < 1.29 is 4.74 Å². The third-order valence-corrected chi connectivity index (χ3v) is 5.38. The molecule has 0 saturated heterocycles. The number of fused-ring (bicyclic) bond motifs is 1. The maximum Gasteiger partial charge on any atom is 0.125 e. The van der Waals surface area contributed by atoms with Crippen LogP contribution in [-0.4, -0.2) is 16.2 Å². The highest BCUT2D eigenvalue weighted by atomic mass is 35.5. The molecule has 142 valence electrons. The summed E-state index contributed by atoms with van der Waals surface area (Å²) in [6, 6.07) is 22.4. The molecule has 0 radical (unpaired) electrons. The lowest BCUT2D eigenvalue weighted by molar-refractivity contribution is 0.295. The Morgan fingerprint density at radius 1 is 0.893 bits per heavy atom. The SMILES string of the molecule is Cc1cccc(C)c1OCCn1c(Cc2ccccc2Cl)nc2ccccc21. The minimum absolute atomic E-state index is 0.585. The molecule has 0 saturated carbocycles. The van der Waals surface area contributed by atoms with Gasteiger partial charge in [-0.25, -0.2) is 4.98 Å². The Morgan fingerprint density at radius 2 is 1.61 bits per heavy atom. The van der Waals surface area contributed by atoms with Crippen LogP contribution in [0.15, 0.2) is 66.7 Å². The van der Waals surface area contributed by atoms with E-state index in [9.17, 15) is 0 Å². The average molecular weight is 391 g/mol. The Labute approximate surface area is 170 Å². The van der Waals surface area contributed by atoms with Crippen LogP contribution in [0.1, 0.15) is 22.5 Å². The quantitative estimate of drug-likeness (QED) is 0.405. The molecule has 1 heterocycles. The molecular weight excluding hydrogens is 368 g/mol. The third kappa shape index (κ3) is 3.76. The summed E-state index contributed by atoms with van der Waals surface area (Å²) in [6.07, 6.45) is 0.692. The Bertz CT molecular complexity index is 1100. The molecule has 0 unspecified atom stereocenters. The van der Waals surface area contributed by atoms with Crippen LogP contribution in [0, 0.1) is 13.8 Å². The number of nitrogens with zero attached hydrogens (tertiary/aromatic N) is 2. The van der Waals surface area contributed by atoms with Crippen molar-refractivity contribution in [1.82, 2.24) is 9.55 Å². The molecule has 0 aliphatic carbocycles. The minimum atomic E-state index is 0.585. The standard InChI is InChI=1S/C24H23ClN2O/c1-17-8-7-9-18(2)24(17)28-15-14-27-22-13-6-5-12-21(22)26-23(27)16-19-10-3-4-11-20(19)25/h3-13H,14-16H2,1-2H3. The van der Waals surface area contributed by atoms with Gasteiger partial charge in [0, 0.05) is 11.4 Å². The average Bonchev–Trinajstić information content (AvgIpc) is 3.03. The Kier molecular flexibility index (Phi) is 5.36. The van der Waals surface area contributed by atoms with E-state index in [-0.39, 0.29) is 0 Å². The van der Waals surface area contributed by atoms with Crippen molar-refractivity contribution in [3.63, 3.8) is 0 Å². The lowest BCUT2D eigenvalue weighted by Crippen LogP contribution is -2.12. The van der Waals surface area contributed by atoms with Crippen LogP contribution in [0.3, 0.4) is 0 Å². The summed E-state index contributed by atoms with van der Waals surface area (Å²) in [7, 11) is 0. The Hall–Kier alpha value is -2.78. The summed E-state index contributed by atoms with van der Waals surface area (Å²) in [5.74, 6) is 1.97. The van der Waals surface area contributed by atoms with Gasteiger partial charge in [-0.15, -0.1) is 0 Å². The van der Waals surface area contributed by atoms with Gasteiger partial charge >= 0.3 is 0 Å². The van der Waals surface area contributed by atoms with Crippen LogP contribution in [0.25, 0.3) is 11.0 Å². The molecule has 0 fully saturated rings. The number of ether oxygens (including phenoxy) is 1. The topological polar surface area (TPSA) is 27.1 Å². The second kappa shape index (κ2) is 8.07. The molecule has 3 nitrogen and oxygen atoms in total. The molecule has 4 rings (SSSR count). The number of halogens is 1. The highest BCUT2D eigenvalue weighted by Crippen LogP contribution is 2.24. The Morgan fingerprint density at radius 3 is 2.39 bits per heavy atom. The molecule has 4 aromatic rings. The lowest BCUT2D eigenvalue weighted by Gasteiger charge is -2.14. The first-order valence-electron chi connectivity index (χ1n) is 9.50. The van der Waals surface area contributed by atoms with Gasteiger partial charge in [0.05, 0.1) is 17.6 Å². The van der Waals surface area contributed by atoms with Crippen LogP contribution in [0.5, 0.6) is 5.75 Å². The second-order valence-electron chi connectivity index (χ2n) is 7.01. The number of rotatable bonds is 6. The molecule has 0 atom stereocenters. The summed E-state index contributed by atoms with van der Waals surface area (Å²) in [6.45, 7) is 5.48. The second-order valence-corrected chi connectivity index (χ2v) is 7.41. The van der Waals surface area contributed by atoms with Gasteiger partial charge in [0.25, 0.3) is 0 Å². The van der Waals surface area contributed by atoms with E-state index >= 15 is 0 Å². The summed E-state index contributed by atoms with van der Waals surface area (Å²) >= 11 is 6.38. The number of aromatic nitrogens is 2. The van der Waals surface area contributed by atoms with Crippen LogP contribution in [0.2, 0.25) is 5.02 Å². The maximum atomic E-state index is 6.38. The summed E-state index contributed by atoms with van der Waals surface area (Å²) in [5, 5.41) is 0.771. The molecule has 3 aromatic carbocycles. The number of hydrogen-bond acceptors (Lipinski definition) is 2. The van der Waals surface area contributed by atoms with E-state index in [0.717, 1.165) is 50.9 Å². The van der Waals surface area contributed by atoms with Crippen molar-refractivity contribution in [2.24, 2.45) is 0 Å². The van der Waals surface area contributed by atoms with Gasteiger partial charge in [0.2, 0.25) is 0 Å². The van der Waals surface area contributed by atoms with Gasteiger partial charge in [-0.3, -0.25) is 0 Å². The zero-order valence-electron chi connectivity index (χ0n) is 16.2. The van der Waals surface area contributed by atoms with E-state index in [4.69, 9.17) is 21.3 Å². The molecule has 0 aliphatic heterocycles. The largest absolute Gasteiger partial charge is 0.491 e. The molecule has 1 aromatic heterocycles. The number of aryl methyl sites for hydroxylation is 2. The van der Waals surface area contributed by atoms with Crippen LogP contribution in [-0.2, 0) is 13.0 Å². The minimum Gasteiger partial charge on any atom is -0.491 e. The molecule has 0 bridgehead atoms. The predicted octanol–water partition coefficient (Wildman–Crippen LogP) is 5.98. The van der Waals surface area contributed by atoms with E-state index in [1.807, 2.05) is 36.4 Å². The van der Waals surface area contributed by atoms with E-state index in [2.05, 4.69) is 48.7 Å². The molecule has 0 spiro atoms. The van der Waals surface area contributed by atoms with Crippen LogP contribution < -0.4 is 4.74 Å². The van der Waals surface area contributed by atoms with Gasteiger partial charge in [-0.1, -0.05) is 60.1 Å². The first-order valence-corrected chi connectivity index (χ1v) is 9.88. The number of imidazole rings is 1. The molecule has 0 aliphatic rings. The Balaban J connectivity index is 1.61. The van der Waals surface area contributed by atoms with E-state index in [0.29, 0.717) is 13.0 Å². The fraction of sp³-hybridized carbons (Fsp3) is 0.208.